The Balaban J connectivity index is 2.23. The predicted octanol–water partition coefficient (Wildman–Crippen LogP) is 4.98. The van der Waals surface area contributed by atoms with E-state index >= 15 is 0 Å². The Morgan fingerprint density at radius 3 is 2.48 bits per heavy atom. The third-order valence-corrected chi connectivity index (χ3v) is 5.30. The van der Waals surface area contributed by atoms with Crippen molar-refractivity contribution in [2.75, 3.05) is 17.1 Å². The summed E-state index contributed by atoms with van der Waals surface area (Å²) in [5.41, 5.74) is 2.11. The number of anilines is 1. The van der Waals surface area contributed by atoms with Crippen molar-refractivity contribution >= 4 is 28.7 Å². The number of rotatable bonds is 8. The van der Waals surface area contributed by atoms with Gasteiger partial charge < -0.3 is 4.18 Å². The number of nitrogens with zero attached hydrogens (tertiary/aromatic N) is 1. The standard InChI is InChI=1S/C18H23NO2S2/c1-4-5-14-19(17-8-6-7-9-18(17)22-3)23(20)21-16-12-10-15(2)11-13-16/h6-13H,4-5,14H2,1-3H3. The van der Waals surface area contributed by atoms with Crippen LogP contribution in [0, 0.1) is 6.92 Å². The molecule has 124 valence electrons. The van der Waals surface area contributed by atoms with E-state index in [0.29, 0.717) is 12.3 Å². The maximum absolute atomic E-state index is 12.8. The first-order chi connectivity index (χ1) is 11.2. The molecule has 0 heterocycles. The fraction of sp³-hybridized carbons (Fsp3) is 0.333. The zero-order valence-corrected chi connectivity index (χ0v) is 15.5. The molecule has 1 atom stereocenters. The van der Waals surface area contributed by atoms with E-state index in [1.54, 1.807) is 11.8 Å². The maximum Gasteiger partial charge on any atom is 0.318 e. The molecule has 0 radical (unpaired) electrons. The lowest BCUT2D eigenvalue weighted by molar-refractivity contribution is 0.555. The summed E-state index contributed by atoms with van der Waals surface area (Å²) >= 11 is 0.0915. The number of thioether (sulfide) groups is 1. The number of benzene rings is 2. The van der Waals surface area contributed by atoms with E-state index in [9.17, 15) is 4.21 Å². The van der Waals surface area contributed by atoms with Crippen molar-refractivity contribution < 1.29 is 8.39 Å². The van der Waals surface area contributed by atoms with E-state index in [0.717, 1.165) is 29.0 Å². The maximum atomic E-state index is 12.8. The molecular weight excluding hydrogens is 326 g/mol. The minimum absolute atomic E-state index is 0.622. The predicted molar refractivity (Wildman–Crippen MR) is 100 cm³/mol. The van der Waals surface area contributed by atoms with E-state index in [2.05, 4.69) is 6.92 Å². The Labute approximate surface area is 145 Å². The first-order valence-electron chi connectivity index (χ1n) is 7.73. The highest BCUT2D eigenvalue weighted by Crippen LogP contribution is 2.30. The smallest absolute Gasteiger partial charge is 0.318 e. The molecule has 2 rings (SSSR count). The van der Waals surface area contributed by atoms with Crippen molar-refractivity contribution in [1.29, 1.82) is 0 Å². The van der Waals surface area contributed by atoms with Gasteiger partial charge in [-0.25, -0.2) is 0 Å². The van der Waals surface area contributed by atoms with E-state index in [-0.39, 0.29) is 0 Å². The van der Waals surface area contributed by atoms with Crippen LogP contribution in [0.5, 0.6) is 5.75 Å². The van der Waals surface area contributed by atoms with Gasteiger partial charge in [0.05, 0.1) is 5.69 Å². The molecule has 0 N–H and O–H groups in total. The molecule has 5 heteroatoms. The normalized spacial score (nSPS) is 12.0. The molecule has 2 aromatic rings. The van der Waals surface area contributed by atoms with E-state index < -0.39 is 11.3 Å². The van der Waals surface area contributed by atoms with Gasteiger partial charge in [0, 0.05) is 11.4 Å². The van der Waals surface area contributed by atoms with Crippen LogP contribution < -0.4 is 8.49 Å². The molecule has 0 spiro atoms. The quantitative estimate of drug-likeness (QED) is 0.629. The van der Waals surface area contributed by atoms with E-state index in [1.165, 1.54) is 0 Å². The Bertz CT molecular complexity index is 644. The number of aryl methyl sites for hydroxylation is 1. The van der Waals surface area contributed by atoms with Crippen LogP contribution in [0.1, 0.15) is 25.3 Å². The van der Waals surface area contributed by atoms with Crippen molar-refractivity contribution in [2.45, 2.75) is 31.6 Å². The average molecular weight is 350 g/mol. The van der Waals surface area contributed by atoms with Gasteiger partial charge in [-0.3, -0.25) is 4.31 Å². The second-order valence-electron chi connectivity index (χ2n) is 5.24. The van der Waals surface area contributed by atoms with Gasteiger partial charge in [0.25, 0.3) is 0 Å². The van der Waals surface area contributed by atoms with Crippen LogP contribution in [0.3, 0.4) is 0 Å². The summed E-state index contributed by atoms with van der Waals surface area (Å²) in [6.45, 7) is 4.85. The third-order valence-electron chi connectivity index (χ3n) is 3.44. The lowest BCUT2D eigenvalue weighted by Gasteiger charge is -2.24. The minimum Gasteiger partial charge on any atom is -0.385 e. The summed E-state index contributed by atoms with van der Waals surface area (Å²) < 4.78 is 20.3. The van der Waals surface area contributed by atoms with Gasteiger partial charge in [0.1, 0.15) is 5.75 Å². The third kappa shape index (κ3) is 5.01. The van der Waals surface area contributed by atoms with Crippen molar-refractivity contribution in [2.24, 2.45) is 0 Å². The summed E-state index contributed by atoms with van der Waals surface area (Å²) in [5.74, 6) is 0.622. The summed E-state index contributed by atoms with van der Waals surface area (Å²) in [7, 11) is 0. The molecule has 1 unspecified atom stereocenters. The molecule has 0 aliphatic rings. The molecule has 0 fully saturated rings. The Hall–Kier alpha value is -1.46. The Morgan fingerprint density at radius 1 is 1.13 bits per heavy atom. The zero-order chi connectivity index (χ0) is 16.7. The van der Waals surface area contributed by atoms with Gasteiger partial charge >= 0.3 is 11.3 Å². The molecule has 23 heavy (non-hydrogen) atoms. The molecule has 0 bridgehead atoms. The van der Waals surface area contributed by atoms with Gasteiger partial charge in [-0.15, -0.1) is 11.8 Å². The Kier molecular flexibility index (Phi) is 6.99. The largest absolute Gasteiger partial charge is 0.385 e. The fourth-order valence-electron chi connectivity index (χ4n) is 2.13. The highest BCUT2D eigenvalue weighted by atomic mass is 32.2. The van der Waals surface area contributed by atoms with E-state index in [1.807, 2.05) is 66.0 Å². The molecule has 2 aromatic carbocycles. The lowest BCUT2D eigenvalue weighted by atomic mass is 10.2. The van der Waals surface area contributed by atoms with E-state index in [4.69, 9.17) is 4.18 Å². The Morgan fingerprint density at radius 2 is 1.83 bits per heavy atom. The number of unbranched alkanes of at least 4 members (excludes halogenated alkanes) is 1. The molecule has 0 aliphatic heterocycles. The van der Waals surface area contributed by atoms with Crippen LogP contribution >= 0.6 is 11.8 Å². The molecule has 0 saturated heterocycles. The SMILES string of the molecule is CCCCN(c1ccccc1SC)S(=O)Oc1ccc(C)cc1. The van der Waals surface area contributed by atoms with Crippen LogP contribution in [0.25, 0.3) is 0 Å². The highest BCUT2D eigenvalue weighted by Gasteiger charge is 2.18. The number of hydrogen-bond acceptors (Lipinski definition) is 3. The van der Waals surface area contributed by atoms with Crippen LogP contribution in [0.2, 0.25) is 0 Å². The van der Waals surface area contributed by atoms with Crippen LogP contribution in [0.15, 0.2) is 53.4 Å². The van der Waals surface area contributed by atoms with Crippen molar-refractivity contribution in [3.05, 3.63) is 54.1 Å². The van der Waals surface area contributed by atoms with Gasteiger partial charge in [0.15, 0.2) is 0 Å². The summed E-state index contributed by atoms with van der Waals surface area (Å²) in [4.78, 5) is 1.10. The zero-order valence-electron chi connectivity index (χ0n) is 13.8. The molecule has 3 nitrogen and oxygen atoms in total. The lowest BCUT2D eigenvalue weighted by Crippen LogP contribution is -2.30. The van der Waals surface area contributed by atoms with Crippen molar-refractivity contribution in [3.8, 4) is 5.75 Å². The van der Waals surface area contributed by atoms with Crippen LogP contribution in [-0.4, -0.2) is 17.0 Å². The molecular formula is C18H23NO2S2. The van der Waals surface area contributed by atoms with Gasteiger partial charge in [-0.2, -0.15) is 4.21 Å². The second-order valence-corrected chi connectivity index (χ2v) is 7.13. The first kappa shape index (κ1) is 17.9. The molecule has 0 aliphatic carbocycles. The van der Waals surface area contributed by atoms with Gasteiger partial charge in [0.2, 0.25) is 0 Å². The summed E-state index contributed by atoms with van der Waals surface area (Å²) in [6.07, 6.45) is 4.03. The van der Waals surface area contributed by atoms with Crippen molar-refractivity contribution in [1.82, 2.24) is 0 Å². The second kappa shape index (κ2) is 8.99. The minimum atomic E-state index is -1.56. The number of hydrogen-bond donors (Lipinski definition) is 0. The first-order valence-corrected chi connectivity index (χ1v) is 9.98. The van der Waals surface area contributed by atoms with Crippen LogP contribution in [0.4, 0.5) is 5.69 Å². The van der Waals surface area contributed by atoms with Crippen molar-refractivity contribution in [3.63, 3.8) is 0 Å². The topological polar surface area (TPSA) is 29.5 Å². The average Bonchev–Trinajstić information content (AvgIpc) is 2.57. The van der Waals surface area contributed by atoms with Crippen LogP contribution in [-0.2, 0) is 11.3 Å². The van der Waals surface area contributed by atoms with Gasteiger partial charge in [-0.05, 0) is 43.9 Å². The molecule has 0 aromatic heterocycles. The summed E-state index contributed by atoms with van der Waals surface area (Å²) in [5, 5.41) is 0. The highest BCUT2D eigenvalue weighted by molar-refractivity contribution is 7.98. The monoisotopic (exact) mass is 349 g/mol. The summed E-state index contributed by atoms with van der Waals surface area (Å²) in [6, 6.07) is 15.6. The fourth-order valence-corrected chi connectivity index (χ4v) is 3.76. The molecule has 0 amide bonds. The van der Waals surface area contributed by atoms with Gasteiger partial charge in [-0.1, -0.05) is 43.2 Å². The molecule has 0 saturated carbocycles. The number of para-hydroxylation sites is 1.